The molecule has 0 fully saturated rings. The fourth-order valence-corrected chi connectivity index (χ4v) is 2.10. The predicted molar refractivity (Wildman–Crippen MR) is 63.5 cm³/mol. The number of nitrogens with zero attached hydrogens (tertiary/aromatic N) is 1. The fraction of sp³-hybridized carbons (Fsp3) is 0.308. The number of phenols is 1. The first-order valence-electron chi connectivity index (χ1n) is 5.26. The average molecular weight is 214 g/mol. The molecule has 3 heteroatoms. The molecule has 3 nitrogen and oxygen atoms in total. The SMILES string of the molecule is Cc1[nH]c2ccc(O)c(C(C)C#N)c2c1C. The summed E-state index contributed by atoms with van der Waals surface area (Å²) in [5.41, 5.74) is 3.88. The number of rotatable bonds is 1. The number of phenolic OH excluding ortho intramolecular Hbond substituents is 1. The third-order valence-electron chi connectivity index (χ3n) is 3.11. The van der Waals surface area contributed by atoms with Crippen LogP contribution in [0.5, 0.6) is 5.75 Å². The van der Waals surface area contributed by atoms with Crippen LogP contribution in [-0.4, -0.2) is 10.1 Å². The van der Waals surface area contributed by atoms with Crippen molar-refractivity contribution in [1.29, 1.82) is 5.26 Å². The number of hydrogen-bond acceptors (Lipinski definition) is 2. The molecule has 1 atom stereocenters. The Bertz CT molecular complexity index is 590. The van der Waals surface area contributed by atoms with E-state index >= 15 is 0 Å². The van der Waals surface area contributed by atoms with E-state index in [9.17, 15) is 5.11 Å². The number of hydrogen-bond donors (Lipinski definition) is 2. The average Bonchev–Trinajstić information content (AvgIpc) is 2.55. The summed E-state index contributed by atoms with van der Waals surface area (Å²) in [6.45, 7) is 5.80. The number of nitriles is 1. The van der Waals surface area contributed by atoms with Crippen LogP contribution in [-0.2, 0) is 0 Å². The first-order chi connectivity index (χ1) is 7.56. The van der Waals surface area contributed by atoms with Gasteiger partial charge in [0, 0.05) is 22.2 Å². The first kappa shape index (κ1) is 10.6. The molecule has 0 spiro atoms. The maximum absolute atomic E-state index is 9.88. The largest absolute Gasteiger partial charge is 0.508 e. The van der Waals surface area contributed by atoms with Crippen LogP contribution in [0, 0.1) is 25.2 Å². The molecule has 0 radical (unpaired) electrons. The zero-order chi connectivity index (χ0) is 11.9. The lowest BCUT2D eigenvalue weighted by Crippen LogP contribution is -1.92. The molecule has 0 saturated carbocycles. The molecule has 1 unspecified atom stereocenters. The van der Waals surface area contributed by atoms with Crippen LogP contribution in [0.2, 0.25) is 0 Å². The van der Waals surface area contributed by atoms with Crippen molar-refractivity contribution in [2.24, 2.45) is 0 Å². The number of aromatic hydroxyl groups is 1. The summed E-state index contributed by atoms with van der Waals surface area (Å²) in [6.07, 6.45) is 0. The second-order valence-electron chi connectivity index (χ2n) is 4.15. The van der Waals surface area contributed by atoms with E-state index in [2.05, 4.69) is 11.1 Å². The van der Waals surface area contributed by atoms with E-state index in [0.29, 0.717) is 0 Å². The molecule has 1 aromatic heterocycles. The lowest BCUT2D eigenvalue weighted by molar-refractivity contribution is 0.468. The van der Waals surface area contributed by atoms with Crippen LogP contribution >= 0.6 is 0 Å². The molecule has 0 amide bonds. The third kappa shape index (κ3) is 1.35. The van der Waals surface area contributed by atoms with Crippen molar-refractivity contribution in [2.45, 2.75) is 26.7 Å². The van der Waals surface area contributed by atoms with E-state index < -0.39 is 0 Å². The molecule has 0 aliphatic rings. The molecular weight excluding hydrogens is 200 g/mol. The van der Waals surface area contributed by atoms with E-state index in [0.717, 1.165) is 27.7 Å². The lowest BCUT2D eigenvalue weighted by Gasteiger charge is -2.08. The Morgan fingerprint density at radius 3 is 2.69 bits per heavy atom. The Morgan fingerprint density at radius 2 is 2.06 bits per heavy atom. The summed E-state index contributed by atoms with van der Waals surface area (Å²) in [7, 11) is 0. The number of fused-ring (bicyclic) bond motifs is 1. The van der Waals surface area contributed by atoms with Gasteiger partial charge in [0.25, 0.3) is 0 Å². The Balaban J connectivity index is 2.89. The topological polar surface area (TPSA) is 59.8 Å². The van der Waals surface area contributed by atoms with Crippen LogP contribution in [0.4, 0.5) is 0 Å². The van der Waals surface area contributed by atoms with Crippen molar-refractivity contribution in [3.8, 4) is 11.8 Å². The summed E-state index contributed by atoms with van der Waals surface area (Å²) in [4.78, 5) is 3.25. The van der Waals surface area contributed by atoms with Gasteiger partial charge in [-0.05, 0) is 38.5 Å². The second-order valence-corrected chi connectivity index (χ2v) is 4.15. The molecule has 1 heterocycles. The van der Waals surface area contributed by atoms with Gasteiger partial charge in [-0.25, -0.2) is 0 Å². The molecule has 2 N–H and O–H groups in total. The summed E-state index contributed by atoms with van der Waals surface area (Å²) >= 11 is 0. The number of aryl methyl sites for hydroxylation is 2. The molecule has 0 saturated heterocycles. The minimum atomic E-state index is -0.308. The number of H-pyrrole nitrogens is 1. The highest BCUT2D eigenvalue weighted by molar-refractivity contribution is 5.90. The minimum absolute atomic E-state index is 0.198. The minimum Gasteiger partial charge on any atom is -0.508 e. The lowest BCUT2D eigenvalue weighted by atomic mass is 9.95. The fourth-order valence-electron chi connectivity index (χ4n) is 2.10. The number of benzene rings is 1. The van der Waals surface area contributed by atoms with Gasteiger partial charge in [-0.15, -0.1) is 0 Å². The Labute approximate surface area is 94.3 Å². The van der Waals surface area contributed by atoms with Crippen molar-refractivity contribution in [1.82, 2.24) is 4.98 Å². The Morgan fingerprint density at radius 1 is 1.38 bits per heavy atom. The molecule has 82 valence electrons. The molecular formula is C13H14N2O. The monoisotopic (exact) mass is 214 g/mol. The summed E-state index contributed by atoms with van der Waals surface area (Å²) < 4.78 is 0. The molecule has 0 aliphatic carbocycles. The first-order valence-corrected chi connectivity index (χ1v) is 5.26. The van der Waals surface area contributed by atoms with Crippen LogP contribution in [0.1, 0.15) is 29.7 Å². The van der Waals surface area contributed by atoms with E-state index in [1.165, 1.54) is 0 Å². The quantitative estimate of drug-likeness (QED) is 0.766. The van der Waals surface area contributed by atoms with Crippen molar-refractivity contribution in [3.63, 3.8) is 0 Å². The van der Waals surface area contributed by atoms with Gasteiger partial charge in [-0.1, -0.05) is 0 Å². The molecule has 0 bridgehead atoms. The number of aromatic amines is 1. The van der Waals surface area contributed by atoms with Crippen molar-refractivity contribution < 1.29 is 5.11 Å². The number of nitrogens with one attached hydrogen (secondary N) is 1. The number of aromatic nitrogens is 1. The molecule has 2 rings (SSSR count). The van der Waals surface area contributed by atoms with E-state index in [4.69, 9.17) is 5.26 Å². The van der Waals surface area contributed by atoms with E-state index in [-0.39, 0.29) is 11.7 Å². The zero-order valence-corrected chi connectivity index (χ0v) is 9.63. The zero-order valence-electron chi connectivity index (χ0n) is 9.63. The van der Waals surface area contributed by atoms with Gasteiger partial charge in [-0.2, -0.15) is 5.26 Å². The summed E-state index contributed by atoms with van der Waals surface area (Å²) in [5.74, 6) is -0.110. The molecule has 1 aromatic carbocycles. The van der Waals surface area contributed by atoms with Crippen molar-refractivity contribution in [3.05, 3.63) is 29.0 Å². The third-order valence-corrected chi connectivity index (χ3v) is 3.11. The highest BCUT2D eigenvalue weighted by atomic mass is 16.3. The van der Waals surface area contributed by atoms with Crippen LogP contribution in [0.3, 0.4) is 0 Å². The van der Waals surface area contributed by atoms with Crippen molar-refractivity contribution >= 4 is 10.9 Å². The molecule has 0 aliphatic heterocycles. The predicted octanol–water partition coefficient (Wildman–Crippen LogP) is 3.12. The van der Waals surface area contributed by atoms with Crippen molar-refractivity contribution in [2.75, 3.05) is 0 Å². The van der Waals surface area contributed by atoms with Gasteiger partial charge in [0.1, 0.15) is 5.75 Å². The standard InChI is InChI=1S/C13H14N2O/c1-7(6-14)12-11(16)5-4-10-13(12)8(2)9(3)15-10/h4-5,7,15-16H,1-3H3. The van der Waals surface area contributed by atoms with Crippen LogP contribution in [0.25, 0.3) is 10.9 Å². The van der Waals surface area contributed by atoms with Crippen LogP contribution in [0.15, 0.2) is 12.1 Å². The van der Waals surface area contributed by atoms with Crippen LogP contribution < -0.4 is 0 Å². The van der Waals surface area contributed by atoms with Gasteiger partial charge in [0.05, 0.1) is 12.0 Å². The Kier molecular flexibility index (Phi) is 2.35. The van der Waals surface area contributed by atoms with E-state index in [1.807, 2.05) is 19.9 Å². The van der Waals surface area contributed by atoms with Gasteiger partial charge >= 0.3 is 0 Å². The van der Waals surface area contributed by atoms with E-state index in [1.54, 1.807) is 13.0 Å². The summed E-state index contributed by atoms with van der Waals surface area (Å²) in [5, 5.41) is 19.9. The normalized spacial score (nSPS) is 12.6. The second kappa shape index (κ2) is 3.57. The maximum atomic E-state index is 9.88. The highest BCUT2D eigenvalue weighted by Gasteiger charge is 2.17. The smallest absolute Gasteiger partial charge is 0.120 e. The van der Waals surface area contributed by atoms with Gasteiger partial charge in [0.15, 0.2) is 0 Å². The summed E-state index contributed by atoms with van der Waals surface area (Å²) in [6, 6.07) is 5.66. The van der Waals surface area contributed by atoms with Gasteiger partial charge < -0.3 is 10.1 Å². The van der Waals surface area contributed by atoms with Gasteiger partial charge in [0.2, 0.25) is 0 Å². The molecule has 16 heavy (non-hydrogen) atoms. The molecule has 2 aromatic rings. The van der Waals surface area contributed by atoms with Gasteiger partial charge in [-0.3, -0.25) is 0 Å². The Hall–Kier alpha value is -1.95. The highest BCUT2D eigenvalue weighted by Crippen LogP contribution is 2.35. The maximum Gasteiger partial charge on any atom is 0.120 e.